The third-order valence-electron chi connectivity index (χ3n) is 3.12. The zero-order chi connectivity index (χ0) is 15.4. The van der Waals surface area contributed by atoms with Crippen molar-refractivity contribution in [3.8, 4) is 5.75 Å². The molecule has 1 heterocycles. The average molecular weight is 353 g/mol. The van der Waals surface area contributed by atoms with Crippen LogP contribution in [-0.2, 0) is 6.54 Å². The van der Waals surface area contributed by atoms with E-state index in [4.69, 9.17) is 15.7 Å². The van der Waals surface area contributed by atoms with Crippen molar-refractivity contribution in [2.75, 3.05) is 6.61 Å². The van der Waals surface area contributed by atoms with Crippen molar-refractivity contribution in [2.24, 2.45) is 10.9 Å². The van der Waals surface area contributed by atoms with Gasteiger partial charge in [0.15, 0.2) is 5.84 Å². The fourth-order valence-corrected chi connectivity index (χ4v) is 2.21. The van der Waals surface area contributed by atoms with Gasteiger partial charge < -0.3 is 15.7 Å². The number of halogens is 1. The molecule has 0 spiro atoms. The molecule has 0 aliphatic rings. The van der Waals surface area contributed by atoms with Gasteiger partial charge in [0.2, 0.25) is 0 Å². The van der Waals surface area contributed by atoms with Gasteiger partial charge in [0, 0.05) is 11.3 Å². The normalized spacial score (nSPS) is 11.7. The molecule has 0 fully saturated rings. The van der Waals surface area contributed by atoms with E-state index in [1.807, 2.05) is 18.5 Å². The molecule has 0 unspecified atom stereocenters. The van der Waals surface area contributed by atoms with Crippen LogP contribution < -0.4 is 10.5 Å². The summed E-state index contributed by atoms with van der Waals surface area (Å²) in [6.45, 7) is 5.15. The van der Waals surface area contributed by atoms with Crippen molar-refractivity contribution in [3.63, 3.8) is 0 Å². The minimum atomic E-state index is 0.0778. The highest BCUT2D eigenvalue weighted by Crippen LogP contribution is 2.19. The quantitative estimate of drug-likeness (QED) is 0.374. The van der Waals surface area contributed by atoms with Gasteiger partial charge in [0.1, 0.15) is 12.4 Å². The highest BCUT2D eigenvalue weighted by atomic mass is 79.9. The number of aryl methyl sites for hydroxylation is 1. The van der Waals surface area contributed by atoms with Crippen molar-refractivity contribution >= 4 is 21.8 Å². The zero-order valence-corrected chi connectivity index (χ0v) is 13.5. The molecule has 6 nitrogen and oxygen atoms in total. The van der Waals surface area contributed by atoms with E-state index in [1.165, 1.54) is 0 Å². The first-order valence-electron chi connectivity index (χ1n) is 6.43. The SMILES string of the molecule is Cc1nn(CCOc2ccc(C(N)=NO)cc2)c(C)c1Br. The molecular weight excluding hydrogens is 336 g/mol. The first-order valence-corrected chi connectivity index (χ1v) is 7.22. The Morgan fingerprint density at radius 2 is 2.05 bits per heavy atom. The molecule has 0 saturated carbocycles. The predicted molar refractivity (Wildman–Crippen MR) is 83.8 cm³/mol. The Bertz CT molecular complexity index is 650. The van der Waals surface area contributed by atoms with E-state index in [1.54, 1.807) is 24.3 Å². The number of ether oxygens (including phenoxy) is 1. The van der Waals surface area contributed by atoms with Gasteiger partial charge in [0.05, 0.1) is 16.7 Å². The summed E-state index contributed by atoms with van der Waals surface area (Å²) in [5.74, 6) is 0.805. The minimum Gasteiger partial charge on any atom is -0.492 e. The van der Waals surface area contributed by atoms with Crippen LogP contribution in [0.2, 0.25) is 0 Å². The van der Waals surface area contributed by atoms with Gasteiger partial charge in [-0.2, -0.15) is 5.10 Å². The Balaban J connectivity index is 1.93. The Hall–Kier alpha value is -2.02. The third kappa shape index (κ3) is 3.55. The third-order valence-corrected chi connectivity index (χ3v) is 4.27. The maximum absolute atomic E-state index is 8.59. The summed E-state index contributed by atoms with van der Waals surface area (Å²) in [6.07, 6.45) is 0. The number of aromatic nitrogens is 2. The van der Waals surface area contributed by atoms with E-state index in [0.29, 0.717) is 18.7 Å². The molecule has 3 N–H and O–H groups in total. The molecule has 21 heavy (non-hydrogen) atoms. The first-order chi connectivity index (χ1) is 10.0. The van der Waals surface area contributed by atoms with Crippen molar-refractivity contribution in [3.05, 3.63) is 45.7 Å². The van der Waals surface area contributed by atoms with Crippen molar-refractivity contribution in [1.82, 2.24) is 9.78 Å². The number of hydrogen-bond donors (Lipinski definition) is 2. The Kier molecular flexibility index (Phi) is 4.85. The Labute approximate surface area is 131 Å². The fraction of sp³-hybridized carbons (Fsp3) is 0.286. The lowest BCUT2D eigenvalue weighted by Crippen LogP contribution is -2.13. The molecule has 0 saturated heterocycles. The number of rotatable bonds is 5. The number of nitrogens with zero attached hydrogens (tertiary/aromatic N) is 3. The second-order valence-corrected chi connectivity index (χ2v) is 5.36. The van der Waals surface area contributed by atoms with Crippen LogP contribution in [0.4, 0.5) is 0 Å². The fourth-order valence-electron chi connectivity index (χ4n) is 1.92. The van der Waals surface area contributed by atoms with E-state index in [2.05, 4.69) is 26.2 Å². The molecule has 0 aliphatic heterocycles. The molecule has 0 atom stereocenters. The number of nitrogens with two attached hydrogens (primary N) is 1. The molecule has 1 aromatic carbocycles. The van der Waals surface area contributed by atoms with Gasteiger partial charge >= 0.3 is 0 Å². The van der Waals surface area contributed by atoms with E-state index in [-0.39, 0.29) is 5.84 Å². The van der Waals surface area contributed by atoms with Gasteiger partial charge in [-0.05, 0) is 54.0 Å². The highest BCUT2D eigenvalue weighted by molar-refractivity contribution is 9.10. The first kappa shape index (κ1) is 15.4. The highest BCUT2D eigenvalue weighted by Gasteiger charge is 2.08. The van der Waals surface area contributed by atoms with Crippen molar-refractivity contribution in [1.29, 1.82) is 0 Å². The molecule has 2 rings (SSSR count). The summed E-state index contributed by atoms with van der Waals surface area (Å²) < 4.78 is 8.60. The summed E-state index contributed by atoms with van der Waals surface area (Å²) in [5, 5.41) is 16.0. The molecule has 0 amide bonds. The number of oxime groups is 1. The molecule has 112 valence electrons. The van der Waals surface area contributed by atoms with Gasteiger partial charge in [-0.15, -0.1) is 0 Å². The lowest BCUT2D eigenvalue weighted by Gasteiger charge is -2.08. The molecule has 0 radical (unpaired) electrons. The van der Waals surface area contributed by atoms with Gasteiger partial charge in [-0.1, -0.05) is 5.16 Å². The molecule has 2 aromatic rings. The number of benzene rings is 1. The maximum atomic E-state index is 8.59. The zero-order valence-electron chi connectivity index (χ0n) is 11.9. The standard InChI is InChI=1S/C14H17BrN4O2/c1-9-13(15)10(2)19(17-9)7-8-21-12-5-3-11(4-6-12)14(16)18-20/h3-6,20H,7-8H2,1-2H3,(H2,16,18). The van der Waals surface area contributed by atoms with Gasteiger partial charge in [-0.3, -0.25) is 4.68 Å². The molecule has 7 heteroatoms. The Morgan fingerprint density at radius 1 is 1.38 bits per heavy atom. The smallest absolute Gasteiger partial charge is 0.170 e. The van der Waals surface area contributed by atoms with Crippen LogP contribution in [0, 0.1) is 13.8 Å². The van der Waals surface area contributed by atoms with Gasteiger partial charge in [-0.25, -0.2) is 0 Å². The van der Waals surface area contributed by atoms with Crippen LogP contribution in [0.15, 0.2) is 33.9 Å². The number of hydrogen-bond acceptors (Lipinski definition) is 4. The maximum Gasteiger partial charge on any atom is 0.170 e. The molecule has 0 bridgehead atoms. The predicted octanol–water partition coefficient (Wildman–Crippen LogP) is 2.44. The van der Waals surface area contributed by atoms with Crippen LogP contribution in [0.1, 0.15) is 17.0 Å². The monoisotopic (exact) mass is 352 g/mol. The summed E-state index contributed by atoms with van der Waals surface area (Å²) in [7, 11) is 0. The largest absolute Gasteiger partial charge is 0.492 e. The second kappa shape index (κ2) is 6.62. The summed E-state index contributed by atoms with van der Waals surface area (Å²) in [5.41, 5.74) is 8.19. The minimum absolute atomic E-state index is 0.0778. The van der Waals surface area contributed by atoms with Crippen LogP contribution in [-0.4, -0.2) is 27.4 Å². The second-order valence-electron chi connectivity index (χ2n) is 4.57. The average Bonchev–Trinajstić information content (AvgIpc) is 2.74. The van der Waals surface area contributed by atoms with E-state index in [0.717, 1.165) is 21.6 Å². The van der Waals surface area contributed by atoms with Crippen molar-refractivity contribution in [2.45, 2.75) is 20.4 Å². The summed E-state index contributed by atoms with van der Waals surface area (Å²) in [6, 6.07) is 7.05. The van der Waals surface area contributed by atoms with Crippen LogP contribution in [0.25, 0.3) is 0 Å². The molecular formula is C14H17BrN4O2. The van der Waals surface area contributed by atoms with Crippen LogP contribution in [0.3, 0.4) is 0 Å². The topological polar surface area (TPSA) is 85.7 Å². The van der Waals surface area contributed by atoms with Gasteiger partial charge in [0.25, 0.3) is 0 Å². The molecule has 0 aliphatic carbocycles. The lowest BCUT2D eigenvalue weighted by molar-refractivity contribution is 0.289. The lowest BCUT2D eigenvalue weighted by atomic mass is 10.2. The van der Waals surface area contributed by atoms with E-state index < -0.39 is 0 Å². The van der Waals surface area contributed by atoms with Crippen LogP contribution >= 0.6 is 15.9 Å². The Morgan fingerprint density at radius 3 is 2.57 bits per heavy atom. The van der Waals surface area contributed by atoms with E-state index in [9.17, 15) is 0 Å². The number of amidine groups is 1. The van der Waals surface area contributed by atoms with Crippen LogP contribution in [0.5, 0.6) is 5.75 Å². The van der Waals surface area contributed by atoms with E-state index >= 15 is 0 Å². The summed E-state index contributed by atoms with van der Waals surface area (Å²) >= 11 is 3.50. The summed E-state index contributed by atoms with van der Waals surface area (Å²) in [4.78, 5) is 0. The molecule has 1 aromatic heterocycles. The van der Waals surface area contributed by atoms with Crippen molar-refractivity contribution < 1.29 is 9.94 Å².